The number of nitriles is 1. The molecule has 0 spiro atoms. The van der Waals surface area contributed by atoms with Crippen LogP contribution in [0.15, 0.2) is 18.2 Å². The highest BCUT2D eigenvalue weighted by atomic mass is 16.6. The molecule has 1 saturated heterocycles. The Hall–Kier alpha value is -2.55. The summed E-state index contributed by atoms with van der Waals surface area (Å²) in [5.74, 6) is 0.225. The SMILES string of the molecule is CC(=O)O[C@H]1[C@H](N2CCCC2=O)c2cc(C#N)ccc2OC1(C)C. The fraction of sp³-hybridized carbons (Fsp3) is 0.500. The van der Waals surface area contributed by atoms with Gasteiger partial charge < -0.3 is 14.4 Å². The highest BCUT2D eigenvalue weighted by Gasteiger charge is 2.50. The van der Waals surface area contributed by atoms with E-state index in [-0.39, 0.29) is 5.91 Å². The largest absolute Gasteiger partial charge is 0.484 e. The third-order valence-corrected chi connectivity index (χ3v) is 4.54. The zero-order chi connectivity index (χ0) is 17.5. The number of carbonyl (C=O) groups is 2. The molecule has 24 heavy (non-hydrogen) atoms. The van der Waals surface area contributed by atoms with E-state index in [4.69, 9.17) is 9.47 Å². The topological polar surface area (TPSA) is 79.6 Å². The van der Waals surface area contributed by atoms with Crippen LogP contribution in [-0.4, -0.2) is 35.0 Å². The van der Waals surface area contributed by atoms with E-state index in [1.54, 1.807) is 23.1 Å². The number of esters is 1. The van der Waals surface area contributed by atoms with Crippen molar-refractivity contribution in [3.8, 4) is 11.8 Å². The van der Waals surface area contributed by atoms with Crippen molar-refractivity contribution < 1.29 is 19.1 Å². The second-order valence-electron chi connectivity index (χ2n) is 6.74. The van der Waals surface area contributed by atoms with Gasteiger partial charge in [0.2, 0.25) is 5.91 Å². The summed E-state index contributed by atoms with van der Waals surface area (Å²) in [7, 11) is 0. The Bertz CT molecular complexity index is 735. The third kappa shape index (κ3) is 2.71. The lowest BCUT2D eigenvalue weighted by atomic mass is 9.84. The van der Waals surface area contributed by atoms with Crippen LogP contribution in [0.25, 0.3) is 0 Å². The van der Waals surface area contributed by atoms with Crippen molar-refractivity contribution in [1.82, 2.24) is 4.90 Å². The fourth-order valence-corrected chi connectivity index (χ4v) is 3.51. The monoisotopic (exact) mass is 328 g/mol. The first kappa shape index (κ1) is 16.3. The molecule has 1 amide bonds. The van der Waals surface area contributed by atoms with Crippen molar-refractivity contribution in [3.05, 3.63) is 29.3 Å². The van der Waals surface area contributed by atoms with Crippen molar-refractivity contribution in [1.29, 1.82) is 5.26 Å². The number of ether oxygens (including phenoxy) is 2. The summed E-state index contributed by atoms with van der Waals surface area (Å²) < 4.78 is 11.6. The molecule has 0 radical (unpaired) electrons. The van der Waals surface area contributed by atoms with Gasteiger partial charge in [0.05, 0.1) is 11.6 Å². The Balaban J connectivity index is 2.15. The molecule has 0 saturated carbocycles. The number of nitrogens with zero attached hydrogens (tertiary/aromatic N) is 2. The maximum Gasteiger partial charge on any atom is 0.303 e. The average molecular weight is 328 g/mol. The van der Waals surface area contributed by atoms with E-state index in [0.29, 0.717) is 24.3 Å². The highest BCUT2D eigenvalue weighted by Crippen LogP contribution is 2.45. The zero-order valence-corrected chi connectivity index (χ0v) is 14.0. The van der Waals surface area contributed by atoms with Crippen LogP contribution in [0.1, 0.15) is 50.8 Å². The first-order valence-electron chi connectivity index (χ1n) is 8.03. The number of hydrogen-bond acceptors (Lipinski definition) is 5. The lowest BCUT2D eigenvalue weighted by Crippen LogP contribution is -2.55. The molecule has 0 unspecified atom stereocenters. The second kappa shape index (κ2) is 5.82. The minimum atomic E-state index is -0.791. The molecular weight excluding hydrogens is 308 g/mol. The van der Waals surface area contributed by atoms with Crippen LogP contribution in [0.5, 0.6) is 5.75 Å². The summed E-state index contributed by atoms with van der Waals surface area (Å²) in [4.78, 5) is 25.8. The summed E-state index contributed by atoms with van der Waals surface area (Å²) >= 11 is 0. The molecule has 2 aliphatic rings. The Morgan fingerprint density at radius 2 is 2.21 bits per heavy atom. The summed E-state index contributed by atoms with van der Waals surface area (Å²) in [5, 5.41) is 9.20. The highest BCUT2D eigenvalue weighted by molar-refractivity contribution is 5.79. The molecule has 0 aromatic heterocycles. The summed E-state index contributed by atoms with van der Waals surface area (Å²) in [5.41, 5.74) is 0.408. The van der Waals surface area contributed by atoms with Crippen molar-refractivity contribution in [2.24, 2.45) is 0 Å². The minimum Gasteiger partial charge on any atom is -0.484 e. The van der Waals surface area contributed by atoms with E-state index in [1.165, 1.54) is 6.92 Å². The number of likely N-dealkylation sites (tertiary alicyclic amines) is 1. The van der Waals surface area contributed by atoms with Crippen molar-refractivity contribution in [2.45, 2.75) is 51.4 Å². The van der Waals surface area contributed by atoms with Crippen LogP contribution < -0.4 is 4.74 Å². The van der Waals surface area contributed by atoms with E-state index in [1.807, 2.05) is 13.8 Å². The number of hydrogen-bond donors (Lipinski definition) is 0. The van der Waals surface area contributed by atoms with Crippen molar-refractivity contribution >= 4 is 11.9 Å². The van der Waals surface area contributed by atoms with Crippen LogP contribution in [-0.2, 0) is 14.3 Å². The summed E-state index contributed by atoms with van der Waals surface area (Å²) in [6.07, 6.45) is 0.618. The van der Waals surface area contributed by atoms with Gasteiger partial charge >= 0.3 is 5.97 Å². The van der Waals surface area contributed by atoms with Crippen molar-refractivity contribution in [3.63, 3.8) is 0 Å². The quantitative estimate of drug-likeness (QED) is 0.778. The van der Waals surface area contributed by atoms with E-state index >= 15 is 0 Å². The third-order valence-electron chi connectivity index (χ3n) is 4.54. The van der Waals surface area contributed by atoms with Gasteiger partial charge in [-0.25, -0.2) is 0 Å². The van der Waals surface area contributed by atoms with Gasteiger partial charge in [-0.2, -0.15) is 5.26 Å². The Morgan fingerprint density at radius 1 is 1.46 bits per heavy atom. The van der Waals surface area contributed by atoms with Gasteiger partial charge in [-0.1, -0.05) is 0 Å². The molecule has 1 aromatic carbocycles. The maximum atomic E-state index is 12.4. The average Bonchev–Trinajstić information content (AvgIpc) is 2.93. The van der Waals surface area contributed by atoms with E-state index in [9.17, 15) is 14.9 Å². The lowest BCUT2D eigenvalue weighted by molar-refractivity contribution is -0.171. The molecule has 126 valence electrons. The molecule has 1 aromatic rings. The second-order valence-corrected chi connectivity index (χ2v) is 6.74. The Kier molecular flexibility index (Phi) is 3.96. The molecule has 0 N–H and O–H groups in total. The zero-order valence-electron chi connectivity index (χ0n) is 14.0. The molecule has 0 aliphatic carbocycles. The molecule has 2 atom stereocenters. The van der Waals surface area contributed by atoms with Crippen LogP contribution >= 0.6 is 0 Å². The van der Waals surface area contributed by atoms with Gasteiger partial charge in [-0.3, -0.25) is 9.59 Å². The summed E-state index contributed by atoms with van der Waals surface area (Å²) in [6.45, 7) is 5.64. The van der Waals surface area contributed by atoms with Gasteiger partial charge in [-0.15, -0.1) is 0 Å². The van der Waals surface area contributed by atoms with Crippen LogP contribution in [0.3, 0.4) is 0 Å². The van der Waals surface area contributed by atoms with Gasteiger partial charge in [0.15, 0.2) is 6.10 Å². The summed E-state index contributed by atoms with van der Waals surface area (Å²) in [6, 6.07) is 6.81. The normalized spacial score (nSPS) is 24.8. The van der Waals surface area contributed by atoms with E-state index < -0.39 is 23.7 Å². The molecule has 2 aliphatic heterocycles. The van der Waals surface area contributed by atoms with E-state index in [0.717, 1.165) is 12.0 Å². The standard InChI is InChI=1S/C18H20N2O4/c1-11(21)23-17-16(20-8-4-5-15(20)22)13-9-12(10-19)6-7-14(13)24-18(17,2)3/h6-7,9,16-17H,4-5,8H2,1-3H3/t16-,17+/m1/s1. The molecule has 1 fully saturated rings. The smallest absolute Gasteiger partial charge is 0.303 e. The molecule has 0 bridgehead atoms. The first-order chi connectivity index (χ1) is 11.3. The number of carbonyl (C=O) groups excluding carboxylic acids is 2. The van der Waals surface area contributed by atoms with Gasteiger partial charge in [-0.05, 0) is 38.5 Å². The van der Waals surface area contributed by atoms with Crippen LogP contribution in [0.2, 0.25) is 0 Å². The number of benzene rings is 1. The number of fused-ring (bicyclic) bond motifs is 1. The molecule has 6 heteroatoms. The molecule has 3 rings (SSSR count). The Labute approximate surface area is 141 Å². The minimum absolute atomic E-state index is 0.0307. The maximum absolute atomic E-state index is 12.4. The Morgan fingerprint density at radius 3 is 2.79 bits per heavy atom. The van der Waals surface area contributed by atoms with E-state index in [2.05, 4.69) is 6.07 Å². The molecule has 2 heterocycles. The fourth-order valence-electron chi connectivity index (χ4n) is 3.51. The lowest BCUT2D eigenvalue weighted by Gasteiger charge is -2.46. The van der Waals surface area contributed by atoms with Crippen LogP contribution in [0, 0.1) is 11.3 Å². The van der Waals surface area contributed by atoms with Crippen LogP contribution in [0.4, 0.5) is 0 Å². The number of rotatable bonds is 2. The molecular formula is C18H20N2O4. The van der Waals surface area contributed by atoms with Gasteiger partial charge in [0.1, 0.15) is 17.4 Å². The first-order valence-corrected chi connectivity index (χ1v) is 8.03. The van der Waals surface area contributed by atoms with Gasteiger partial charge in [0.25, 0.3) is 0 Å². The molecule has 6 nitrogen and oxygen atoms in total. The van der Waals surface area contributed by atoms with Crippen molar-refractivity contribution in [2.75, 3.05) is 6.54 Å². The number of amides is 1. The van der Waals surface area contributed by atoms with Gasteiger partial charge in [0, 0.05) is 25.5 Å². The predicted molar refractivity (Wildman–Crippen MR) is 85.1 cm³/mol. The predicted octanol–water partition coefficient (Wildman–Crippen LogP) is 2.32.